The van der Waals surface area contributed by atoms with Gasteiger partial charge in [0.2, 0.25) is 0 Å². The van der Waals surface area contributed by atoms with Crippen LogP contribution in [0, 0.1) is 0 Å². The van der Waals surface area contributed by atoms with Crippen LogP contribution in [0.15, 0.2) is 42.5 Å². The quantitative estimate of drug-likeness (QED) is 0.907. The van der Waals surface area contributed by atoms with Crippen LogP contribution < -0.4 is 15.2 Å². The summed E-state index contributed by atoms with van der Waals surface area (Å²) < 4.78 is 34.1. The smallest absolute Gasteiger partial charge is 0.387 e. The largest absolute Gasteiger partial charge is 0.496 e. The van der Waals surface area contributed by atoms with Crippen LogP contribution in [-0.2, 0) is 0 Å². The zero-order valence-electron chi connectivity index (χ0n) is 11.2. The molecule has 0 bridgehead atoms. The molecule has 1 unspecified atom stereocenters. The number of hydrogen-bond donors (Lipinski definition) is 1. The lowest BCUT2D eigenvalue weighted by Crippen LogP contribution is -2.13. The van der Waals surface area contributed by atoms with E-state index in [0.29, 0.717) is 21.9 Å². The summed E-state index contributed by atoms with van der Waals surface area (Å²) in [5.41, 5.74) is 7.46. The maximum absolute atomic E-state index is 12.3. The number of halogens is 3. The summed E-state index contributed by atoms with van der Waals surface area (Å²) in [7, 11) is 1.52. The Bertz CT molecular complexity index is 622. The fourth-order valence-electron chi connectivity index (χ4n) is 2.01. The minimum absolute atomic E-state index is 0.0546. The highest BCUT2D eigenvalue weighted by molar-refractivity contribution is 6.30. The molecule has 0 spiro atoms. The van der Waals surface area contributed by atoms with Gasteiger partial charge < -0.3 is 15.2 Å². The average molecular weight is 314 g/mol. The van der Waals surface area contributed by atoms with Crippen LogP contribution in [0.4, 0.5) is 8.78 Å². The van der Waals surface area contributed by atoms with Gasteiger partial charge in [0, 0.05) is 10.6 Å². The molecule has 6 heteroatoms. The Kier molecular flexibility index (Phi) is 4.98. The van der Waals surface area contributed by atoms with E-state index >= 15 is 0 Å². The van der Waals surface area contributed by atoms with Crippen molar-refractivity contribution in [3.8, 4) is 11.5 Å². The molecule has 0 fully saturated rings. The summed E-state index contributed by atoms with van der Waals surface area (Å²) in [5, 5.41) is 0.515. The molecule has 0 heterocycles. The summed E-state index contributed by atoms with van der Waals surface area (Å²) in [4.78, 5) is 0. The summed E-state index contributed by atoms with van der Waals surface area (Å²) in [5.74, 6) is 0.631. The summed E-state index contributed by atoms with van der Waals surface area (Å²) in [6.45, 7) is -2.88. The third-order valence-corrected chi connectivity index (χ3v) is 3.20. The Morgan fingerprint density at radius 2 is 1.90 bits per heavy atom. The zero-order chi connectivity index (χ0) is 15.4. The predicted octanol–water partition coefficient (Wildman–Crippen LogP) is 4.00. The standard InChI is InChI=1S/C15H14ClF2NO2/c1-20-13-6-5-10(16)8-12(13)14(19)9-3-2-4-11(7-9)21-15(17)18/h2-8,14-15H,19H2,1H3. The second-order valence-corrected chi connectivity index (χ2v) is 4.75. The van der Waals surface area contributed by atoms with E-state index in [1.54, 1.807) is 30.3 Å². The van der Waals surface area contributed by atoms with Gasteiger partial charge in [-0.1, -0.05) is 23.7 Å². The van der Waals surface area contributed by atoms with Crippen molar-refractivity contribution in [1.82, 2.24) is 0 Å². The SMILES string of the molecule is COc1ccc(Cl)cc1C(N)c1cccc(OC(F)F)c1. The van der Waals surface area contributed by atoms with Gasteiger partial charge in [0.25, 0.3) is 0 Å². The number of rotatable bonds is 5. The van der Waals surface area contributed by atoms with Gasteiger partial charge in [0.05, 0.1) is 13.2 Å². The van der Waals surface area contributed by atoms with E-state index in [1.165, 1.54) is 19.2 Å². The second-order valence-electron chi connectivity index (χ2n) is 4.31. The number of ether oxygens (including phenoxy) is 2. The van der Waals surface area contributed by atoms with Gasteiger partial charge in [-0.2, -0.15) is 8.78 Å². The first-order chi connectivity index (χ1) is 10.0. The molecule has 0 saturated carbocycles. The van der Waals surface area contributed by atoms with E-state index in [2.05, 4.69) is 4.74 Å². The van der Waals surface area contributed by atoms with Crippen LogP contribution in [-0.4, -0.2) is 13.7 Å². The van der Waals surface area contributed by atoms with Crippen LogP contribution in [0.25, 0.3) is 0 Å². The van der Waals surface area contributed by atoms with Crippen LogP contribution in [0.2, 0.25) is 5.02 Å². The second kappa shape index (κ2) is 6.74. The molecular weight excluding hydrogens is 300 g/mol. The fourth-order valence-corrected chi connectivity index (χ4v) is 2.19. The maximum Gasteiger partial charge on any atom is 0.387 e. The van der Waals surface area contributed by atoms with Crippen molar-refractivity contribution in [2.75, 3.05) is 7.11 Å². The Morgan fingerprint density at radius 3 is 2.57 bits per heavy atom. The number of methoxy groups -OCH3 is 1. The van der Waals surface area contributed by atoms with Gasteiger partial charge in [-0.05, 0) is 35.9 Å². The molecular formula is C15H14ClF2NO2. The highest BCUT2D eigenvalue weighted by Gasteiger charge is 2.16. The molecule has 0 aliphatic heterocycles. The highest BCUT2D eigenvalue weighted by Crippen LogP contribution is 2.32. The molecule has 2 N–H and O–H groups in total. The van der Waals surface area contributed by atoms with Crippen molar-refractivity contribution in [2.45, 2.75) is 12.7 Å². The monoisotopic (exact) mass is 313 g/mol. The molecule has 0 radical (unpaired) electrons. The maximum atomic E-state index is 12.3. The van der Waals surface area contributed by atoms with Gasteiger partial charge in [-0.3, -0.25) is 0 Å². The van der Waals surface area contributed by atoms with E-state index in [9.17, 15) is 8.78 Å². The molecule has 1 atom stereocenters. The zero-order valence-corrected chi connectivity index (χ0v) is 12.0. The first-order valence-electron chi connectivity index (χ1n) is 6.15. The van der Waals surface area contributed by atoms with Crippen molar-refractivity contribution in [3.63, 3.8) is 0 Å². The predicted molar refractivity (Wildman–Crippen MR) is 77.1 cm³/mol. The first kappa shape index (κ1) is 15.5. The molecule has 0 aliphatic rings. The van der Waals surface area contributed by atoms with Crippen molar-refractivity contribution in [1.29, 1.82) is 0 Å². The fraction of sp³-hybridized carbons (Fsp3) is 0.200. The van der Waals surface area contributed by atoms with E-state index in [4.69, 9.17) is 22.1 Å². The van der Waals surface area contributed by atoms with Crippen molar-refractivity contribution in [3.05, 3.63) is 58.6 Å². The Balaban J connectivity index is 2.35. The van der Waals surface area contributed by atoms with E-state index < -0.39 is 12.7 Å². The lowest BCUT2D eigenvalue weighted by Gasteiger charge is -2.17. The lowest BCUT2D eigenvalue weighted by molar-refractivity contribution is -0.0498. The number of alkyl halides is 2. The molecule has 112 valence electrons. The Labute approximate surface area is 126 Å². The minimum atomic E-state index is -2.88. The molecule has 2 rings (SSSR count). The van der Waals surface area contributed by atoms with E-state index in [1.807, 2.05) is 0 Å². The van der Waals surface area contributed by atoms with Gasteiger partial charge >= 0.3 is 6.61 Å². The minimum Gasteiger partial charge on any atom is -0.496 e. The third kappa shape index (κ3) is 3.83. The topological polar surface area (TPSA) is 44.5 Å². The average Bonchev–Trinajstić information content (AvgIpc) is 2.46. The molecule has 0 saturated heterocycles. The Morgan fingerprint density at radius 1 is 1.14 bits per heavy atom. The van der Waals surface area contributed by atoms with Crippen molar-refractivity contribution in [2.24, 2.45) is 5.73 Å². The Hall–Kier alpha value is -1.85. The molecule has 3 nitrogen and oxygen atoms in total. The number of hydrogen-bond acceptors (Lipinski definition) is 3. The van der Waals surface area contributed by atoms with E-state index in [0.717, 1.165) is 0 Å². The molecule has 0 aromatic heterocycles. The van der Waals surface area contributed by atoms with Gasteiger partial charge in [-0.25, -0.2) is 0 Å². The summed E-state index contributed by atoms with van der Waals surface area (Å²) >= 11 is 5.97. The lowest BCUT2D eigenvalue weighted by atomic mass is 9.98. The third-order valence-electron chi connectivity index (χ3n) is 2.97. The molecule has 0 amide bonds. The van der Waals surface area contributed by atoms with Crippen molar-refractivity contribution >= 4 is 11.6 Å². The van der Waals surface area contributed by atoms with Crippen LogP contribution in [0.5, 0.6) is 11.5 Å². The molecule has 2 aromatic carbocycles. The molecule has 2 aromatic rings. The summed E-state index contributed by atoms with van der Waals surface area (Å²) in [6, 6.07) is 10.7. The highest BCUT2D eigenvalue weighted by atomic mass is 35.5. The number of nitrogens with two attached hydrogens (primary N) is 1. The normalized spacial score (nSPS) is 12.3. The van der Waals surface area contributed by atoms with Crippen LogP contribution in [0.1, 0.15) is 17.2 Å². The van der Waals surface area contributed by atoms with Crippen molar-refractivity contribution < 1.29 is 18.3 Å². The van der Waals surface area contributed by atoms with E-state index in [-0.39, 0.29) is 5.75 Å². The van der Waals surface area contributed by atoms with Gasteiger partial charge in [-0.15, -0.1) is 0 Å². The number of benzene rings is 2. The summed E-state index contributed by atoms with van der Waals surface area (Å²) in [6.07, 6.45) is 0. The molecule has 21 heavy (non-hydrogen) atoms. The van der Waals surface area contributed by atoms with Gasteiger partial charge in [0.15, 0.2) is 0 Å². The first-order valence-corrected chi connectivity index (χ1v) is 6.53. The van der Waals surface area contributed by atoms with Crippen LogP contribution in [0.3, 0.4) is 0 Å². The molecule has 0 aliphatic carbocycles. The van der Waals surface area contributed by atoms with Gasteiger partial charge in [0.1, 0.15) is 11.5 Å². The van der Waals surface area contributed by atoms with Crippen LogP contribution >= 0.6 is 11.6 Å².